The van der Waals surface area contributed by atoms with Crippen molar-refractivity contribution in [3.05, 3.63) is 46.9 Å². The van der Waals surface area contributed by atoms with Crippen LogP contribution >= 0.6 is 11.3 Å². The second-order valence-electron chi connectivity index (χ2n) is 7.96. The van der Waals surface area contributed by atoms with Crippen LogP contribution in [0.15, 0.2) is 30.7 Å². The van der Waals surface area contributed by atoms with Crippen LogP contribution in [0.2, 0.25) is 0 Å². The number of pyridine rings is 1. The summed E-state index contributed by atoms with van der Waals surface area (Å²) in [4.78, 5) is 33.4. The van der Waals surface area contributed by atoms with Crippen molar-refractivity contribution in [3.8, 4) is 22.8 Å². The summed E-state index contributed by atoms with van der Waals surface area (Å²) in [5, 5.41) is 13.0. The maximum atomic E-state index is 12.6. The smallest absolute Gasteiger partial charge is 0.270 e. The Balaban J connectivity index is 1.26. The summed E-state index contributed by atoms with van der Waals surface area (Å²) >= 11 is 1.62. The number of nitrogen functional groups attached to an aromatic ring is 1. The summed E-state index contributed by atoms with van der Waals surface area (Å²) in [6, 6.07) is 5.18. The van der Waals surface area contributed by atoms with E-state index in [0.29, 0.717) is 24.9 Å². The van der Waals surface area contributed by atoms with Gasteiger partial charge in [0.2, 0.25) is 5.88 Å². The van der Waals surface area contributed by atoms with Crippen LogP contribution in [0.1, 0.15) is 40.7 Å². The summed E-state index contributed by atoms with van der Waals surface area (Å²) in [7, 11) is 0. The summed E-state index contributed by atoms with van der Waals surface area (Å²) in [5.74, 6) is 0.811. The van der Waals surface area contributed by atoms with E-state index in [0.717, 1.165) is 37.5 Å². The SMILES string of the molecule is CCOc1nc(C(=O)NCC2CCN(Cc3cnc(-c4ncccn4)s3)CC2)cc(N)c1C#N. The first-order valence-corrected chi connectivity index (χ1v) is 11.9. The van der Waals surface area contributed by atoms with E-state index in [1.165, 1.54) is 10.9 Å². The number of hydrogen-bond acceptors (Lipinski definition) is 10. The average Bonchev–Trinajstić information content (AvgIpc) is 3.32. The first-order valence-electron chi connectivity index (χ1n) is 11.1. The van der Waals surface area contributed by atoms with Gasteiger partial charge in [-0.3, -0.25) is 9.69 Å². The Kier molecular flexibility index (Phi) is 7.61. The van der Waals surface area contributed by atoms with Gasteiger partial charge in [-0.25, -0.2) is 19.9 Å². The molecule has 1 amide bonds. The molecule has 10 nitrogen and oxygen atoms in total. The lowest BCUT2D eigenvalue weighted by Crippen LogP contribution is -2.38. The third-order valence-electron chi connectivity index (χ3n) is 5.59. The van der Waals surface area contributed by atoms with Crippen molar-refractivity contribution in [3.63, 3.8) is 0 Å². The molecule has 176 valence electrons. The van der Waals surface area contributed by atoms with E-state index in [-0.39, 0.29) is 28.7 Å². The number of nitrogens with zero attached hydrogens (tertiary/aromatic N) is 6. The number of carbonyl (C=O) groups is 1. The maximum absolute atomic E-state index is 12.6. The second-order valence-corrected chi connectivity index (χ2v) is 9.07. The average molecular weight is 479 g/mol. The molecular formula is C23H26N8O2S. The minimum absolute atomic E-state index is 0.0912. The van der Waals surface area contributed by atoms with E-state index >= 15 is 0 Å². The van der Waals surface area contributed by atoms with Crippen molar-refractivity contribution in [1.82, 2.24) is 30.2 Å². The molecule has 1 aliphatic heterocycles. The molecule has 0 bridgehead atoms. The molecule has 3 N–H and O–H groups in total. The Labute approximate surface area is 201 Å². The molecule has 0 unspecified atom stereocenters. The third-order valence-corrected chi connectivity index (χ3v) is 6.57. The van der Waals surface area contributed by atoms with Crippen LogP contribution in [0.25, 0.3) is 10.8 Å². The van der Waals surface area contributed by atoms with Crippen molar-refractivity contribution in [2.45, 2.75) is 26.3 Å². The van der Waals surface area contributed by atoms with E-state index in [1.807, 2.05) is 12.3 Å². The van der Waals surface area contributed by atoms with Crippen molar-refractivity contribution in [1.29, 1.82) is 5.26 Å². The normalized spacial score (nSPS) is 14.5. The summed E-state index contributed by atoms with van der Waals surface area (Å²) in [6.07, 6.45) is 7.31. The number of nitrogens with two attached hydrogens (primary N) is 1. The third kappa shape index (κ3) is 5.65. The lowest BCUT2D eigenvalue weighted by molar-refractivity contribution is 0.0929. The molecule has 1 aliphatic rings. The van der Waals surface area contributed by atoms with E-state index < -0.39 is 0 Å². The maximum Gasteiger partial charge on any atom is 0.270 e. The van der Waals surface area contributed by atoms with Gasteiger partial charge in [0.15, 0.2) is 10.8 Å². The summed E-state index contributed by atoms with van der Waals surface area (Å²) < 4.78 is 5.37. The lowest BCUT2D eigenvalue weighted by Gasteiger charge is -2.31. The van der Waals surface area contributed by atoms with Gasteiger partial charge in [0.05, 0.1) is 12.3 Å². The molecule has 11 heteroatoms. The van der Waals surface area contributed by atoms with E-state index in [9.17, 15) is 10.1 Å². The number of likely N-dealkylation sites (tertiary alicyclic amines) is 1. The first kappa shape index (κ1) is 23.5. The van der Waals surface area contributed by atoms with Gasteiger partial charge in [0.1, 0.15) is 17.3 Å². The minimum Gasteiger partial charge on any atom is -0.477 e. The highest BCUT2D eigenvalue weighted by molar-refractivity contribution is 7.14. The summed E-state index contributed by atoms with van der Waals surface area (Å²) in [5.41, 5.74) is 6.40. The fourth-order valence-corrected chi connectivity index (χ4v) is 4.70. The number of piperidine rings is 1. The Hall–Kier alpha value is -3.62. The molecule has 4 heterocycles. The van der Waals surface area contributed by atoms with Crippen LogP contribution in [-0.4, -0.2) is 57.0 Å². The molecule has 0 aromatic carbocycles. The number of ether oxygens (including phenoxy) is 1. The zero-order chi connectivity index (χ0) is 23.9. The van der Waals surface area contributed by atoms with Gasteiger partial charge >= 0.3 is 0 Å². The van der Waals surface area contributed by atoms with Gasteiger partial charge in [-0.1, -0.05) is 0 Å². The number of nitriles is 1. The minimum atomic E-state index is -0.320. The molecule has 4 rings (SSSR count). The summed E-state index contributed by atoms with van der Waals surface area (Å²) in [6.45, 7) is 5.42. The van der Waals surface area contributed by atoms with Crippen LogP contribution in [-0.2, 0) is 6.54 Å². The molecule has 0 aliphatic carbocycles. The quantitative estimate of drug-likeness (QED) is 0.499. The number of nitrogens with one attached hydrogen (secondary N) is 1. The van der Waals surface area contributed by atoms with Gasteiger partial charge in [-0.15, -0.1) is 11.3 Å². The number of carbonyl (C=O) groups excluding carboxylic acids is 1. The number of rotatable bonds is 8. The fraction of sp³-hybridized carbons (Fsp3) is 0.391. The molecular weight excluding hydrogens is 452 g/mol. The first-order chi connectivity index (χ1) is 16.6. The van der Waals surface area contributed by atoms with Crippen LogP contribution in [0.3, 0.4) is 0 Å². The molecule has 0 radical (unpaired) electrons. The Morgan fingerprint density at radius 2 is 2.09 bits per heavy atom. The van der Waals surface area contributed by atoms with E-state index in [4.69, 9.17) is 10.5 Å². The number of thiazole rings is 1. The Morgan fingerprint density at radius 3 is 2.79 bits per heavy atom. The zero-order valence-corrected chi connectivity index (χ0v) is 19.7. The Morgan fingerprint density at radius 1 is 1.32 bits per heavy atom. The molecule has 1 fully saturated rings. The highest BCUT2D eigenvalue weighted by atomic mass is 32.1. The fourth-order valence-electron chi connectivity index (χ4n) is 3.80. The van der Waals surface area contributed by atoms with Crippen LogP contribution in [0.4, 0.5) is 5.69 Å². The van der Waals surface area contributed by atoms with Crippen molar-refractivity contribution < 1.29 is 9.53 Å². The number of anilines is 1. The molecule has 0 saturated carbocycles. The Bertz CT molecular complexity index is 1170. The lowest BCUT2D eigenvalue weighted by atomic mass is 9.96. The monoisotopic (exact) mass is 478 g/mol. The van der Waals surface area contributed by atoms with Crippen molar-refractivity contribution >= 4 is 22.9 Å². The van der Waals surface area contributed by atoms with E-state index in [1.54, 1.807) is 36.7 Å². The molecule has 3 aromatic rings. The number of hydrogen-bond donors (Lipinski definition) is 2. The second kappa shape index (κ2) is 11.0. The van der Waals surface area contributed by atoms with Gasteiger partial charge in [0, 0.05) is 36.6 Å². The van der Waals surface area contributed by atoms with E-state index in [2.05, 4.69) is 30.2 Å². The van der Waals surface area contributed by atoms with Gasteiger partial charge in [-0.05, 0) is 50.9 Å². The highest BCUT2D eigenvalue weighted by Crippen LogP contribution is 2.25. The van der Waals surface area contributed by atoms with Crippen LogP contribution < -0.4 is 15.8 Å². The predicted molar refractivity (Wildman–Crippen MR) is 128 cm³/mol. The highest BCUT2D eigenvalue weighted by Gasteiger charge is 2.22. The topological polar surface area (TPSA) is 143 Å². The predicted octanol–water partition coefficient (Wildman–Crippen LogP) is 2.49. The van der Waals surface area contributed by atoms with Crippen LogP contribution in [0.5, 0.6) is 5.88 Å². The van der Waals surface area contributed by atoms with Gasteiger partial charge < -0.3 is 15.8 Å². The number of aromatic nitrogens is 4. The molecule has 0 spiro atoms. The van der Waals surface area contributed by atoms with Crippen LogP contribution in [0, 0.1) is 17.2 Å². The molecule has 0 atom stereocenters. The van der Waals surface area contributed by atoms with Crippen molar-refractivity contribution in [2.75, 3.05) is 32.0 Å². The molecule has 34 heavy (non-hydrogen) atoms. The number of amides is 1. The zero-order valence-electron chi connectivity index (χ0n) is 18.9. The standard InChI is InChI=1S/C23H26N8O2S/c1-2-33-22-17(11-24)18(25)10-19(30-22)21(32)28-12-15-4-8-31(9-5-15)14-16-13-29-23(34-16)20-26-6-3-7-27-20/h3,6-7,10,13,15H,2,4-5,8-9,12,14H2,1H3,(H2,25,30)(H,28,32). The van der Waals surface area contributed by atoms with Gasteiger partial charge in [-0.2, -0.15) is 5.26 Å². The van der Waals surface area contributed by atoms with Crippen molar-refractivity contribution in [2.24, 2.45) is 5.92 Å². The molecule has 1 saturated heterocycles. The van der Waals surface area contributed by atoms with Gasteiger partial charge in [0.25, 0.3) is 5.91 Å². The molecule has 3 aromatic heterocycles. The largest absolute Gasteiger partial charge is 0.477 e.